The van der Waals surface area contributed by atoms with E-state index in [1.807, 2.05) is 0 Å². The number of nitrogens with zero attached hydrogens (tertiary/aromatic N) is 3. The molecule has 0 bridgehead atoms. The van der Waals surface area contributed by atoms with Crippen LogP contribution in [0.15, 0.2) is 35.3 Å². The van der Waals surface area contributed by atoms with Crippen LogP contribution >= 0.6 is 7.75 Å². The number of carbonyl (C=O) groups is 2. The molecule has 17 heteroatoms. The summed E-state index contributed by atoms with van der Waals surface area (Å²) in [5, 5.41) is 16.0. The van der Waals surface area contributed by atoms with E-state index < -0.39 is 56.0 Å². The predicted molar refractivity (Wildman–Crippen MR) is 164 cm³/mol. The Morgan fingerprint density at radius 2 is 1.96 bits per heavy atom. The van der Waals surface area contributed by atoms with Crippen molar-refractivity contribution in [2.45, 2.75) is 94.7 Å². The van der Waals surface area contributed by atoms with Crippen molar-refractivity contribution >= 4 is 38.0 Å². The van der Waals surface area contributed by atoms with Crippen LogP contribution in [0.5, 0.6) is 11.6 Å². The first-order valence-corrected chi connectivity index (χ1v) is 16.9. The highest BCUT2D eigenvalue weighted by Crippen LogP contribution is 2.53. The molecule has 1 aliphatic carbocycles. The molecule has 1 aromatic carbocycles. The molecule has 1 saturated carbocycles. The van der Waals surface area contributed by atoms with Gasteiger partial charge in [0.15, 0.2) is 6.17 Å². The van der Waals surface area contributed by atoms with Gasteiger partial charge in [0.05, 0.1) is 18.2 Å². The average molecular weight is 682 g/mol. The number of amides is 1. The molecule has 1 saturated heterocycles. The summed E-state index contributed by atoms with van der Waals surface area (Å²) in [7, 11) is -4.62. The molecule has 2 fully saturated rings. The van der Waals surface area contributed by atoms with Gasteiger partial charge in [0.2, 0.25) is 18.2 Å². The van der Waals surface area contributed by atoms with Gasteiger partial charge in [-0.05, 0) is 58.6 Å². The molecule has 1 aromatic heterocycles. The summed E-state index contributed by atoms with van der Waals surface area (Å²) in [5.41, 5.74) is -2.27. The average Bonchev–Trinajstić information content (AvgIpc) is 3.54. The Balaban J connectivity index is 1.36. The van der Waals surface area contributed by atoms with Crippen LogP contribution in [-0.4, -0.2) is 82.8 Å². The highest BCUT2D eigenvalue weighted by Gasteiger charge is 2.66. The zero-order chi connectivity index (χ0) is 33.8. The van der Waals surface area contributed by atoms with E-state index in [1.54, 1.807) is 25.1 Å². The zero-order valence-electron chi connectivity index (χ0n) is 26.1. The number of para-hydroxylation sites is 1. The predicted octanol–water partition coefficient (Wildman–Crippen LogP) is 4.45. The van der Waals surface area contributed by atoms with Crippen LogP contribution in [0.1, 0.15) is 64.5 Å². The van der Waals surface area contributed by atoms with Gasteiger partial charge in [-0.15, -0.1) is 0 Å². The number of aromatic nitrogens is 2. The molecule has 3 aliphatic rings. The number of anilines is 1. The van der Waals surface area contributed by atoms with Gasteiger partial charge in [-0.25, -0.2) is 18.3 Å². The lowest BCUT2D eigenvalue weighted by Gasteiger charge is -2.28. The molecule has 5 rings (SSSR count). The Morgan fingerprint density at radius 1 is 1.23 bits per heavy atom. The molecule has 2 aromatic rings. The first kappa shape index (κ1) is 34.8. The number of rotatable bonds is 14. The first-order chi connectivity index (χ1) is 22.4. The number of aliphatic imine (C=N–C) groups is 1. The molecule has 0 spiro atoms. The molecule has 7 atom stereocenters. The maximum absolute atomic E-state index is 16.4. The van der Waals surface area contributed by atoms with Crippen molar-refractivity contribution in [3.8, 4) is 11.6 Å². The molecule has 3 heterocycles. The third kappa shape index (κ3) is 7.62. The Kier molecular flexibility index (Phi) is 10.6. The minimum Gasteiger partial charge on any atom is -0.476 e. The first-order valence-electron chi connectivity index (χ1n) is 15.4. The number of fused-ring (bicyclic) bond motifs is 1. The topological polar surface area (TPSA) is 180 Å². The lowest BCUT2D eigenvalue weighted by atomic mass is 9.85. The van der Waals surface area contributed by atoms with Crippen molar-refractivity contribution in [2.75, 3.05) is 18.5 Å². The van der Waals surface area contributed by atoms with E-state index in [2.05, 4.69) is 25.4 Å². The Labute approximate surface area is 270 Å². The zero-order valence-corrected chi connectivity index (χ0v) is 27.0. The number of carbonyl (C=O) groups excluding carboxylic acids is 2. The summed E-state index contributed by atoms with van der Waals surface area (Å²) in [5.74, 6) is -5.29. The van der Waals surface area contributed by atoms with Crippen molar-refractivity contribution in [3.63, 3.8) is 0 Å². The van der Waals surface area contributed by atoms with Crippen LogP contribution in [0.25, 0.3) is 0 Å². The monoisotopic (exact) mass is 681 g/mol. The van der Waals surface area contributed by atoms with Crippen molar-refractivity contribution < 1.29 is 51.3 Å². The number of halogens is 2. The number of hydrogen-bond donors (Lipinski definition) is 3. The SMILES string of the molecule is CCOc1nc(NC=O)nc2c1N=CC2[C@@H]1O[C@](F)(COP(=O)(NC(C)C(=O)OC2CCCCC2)Oc2ccccc2)[C@@H](F)[C@@]1(C)O. The molecule has 0 radical (unpaired) electrons. The number of esters is 1. The van der Waals surface area contributed by atoms with Crippen LogP contribution in [0, 0.1) is 0 Å². The van der Waals surface area contributed by atoms with E-state index in [4.69, 9.17) is 23.3 Å². The molecular formula is C30H38F2N5O9P. The van der Waals surface area contributed by atoms with Gasteiger partial charge in [0.1, 0.15) is 41.9 Å². The summed E-state index contributed by atoms with van der Waals surface area (Å²) in [6, 6.07) is 6.56. The van der Waals surface area contributed by atoms with Crippen molar-refractivity contribution in [2.24, 2.45) is 4.99 Å². The fourth-order valence-corrected chi connectivity index (χ4v) is 7.25. The van der Waals surface area contributed by atoms with Crippen LogP contribution < -0.4 is 19.7 Å². The second kappa shape index (κ2) is 14.3. The highest BCUT2D eigenvalue weighted by atomic mass is 31.2. The van der Waals surface area contributed by atoms with Gasteiger partial charge in [-0.3, -0.25) is 24.4 Å². The number of hydrogen-bond acceptors (Lipinski definition) is 12. The number of alkyl halides is 2. The lowest BCUT2D eigenvalue weighted by molar-refractivity contribution is -0.178. The summed E-state index contributed by atoms with van der Waals surface area (Å²) in [4.78, 5) is 36.5. The van der Waals surface area contributed by atoms with Crippen molar-refractivity contribution in [3.05, 3.63) is 36.0 Å². The molecule has 14 nitrogen and oxygen atoms in total. The number of nitrogens with one attached hydrogen (secondary N) is 2. The fraction of sp³-hybridized carbons (Fsp3) is 0.567. The van der Waals surface area contributed by atoms with Crippen molar-refractivity contribution in [1.29, 1.82) is 0 Å². The van der Waals surface area contributed by atoms with E-state index in [0.717, 1.165) is 26.2 Å². The van der Waals surface area contributed by atoms with Gasteiger partial charge in [-0.2, -0.15) is 10.1 Å². The normalized spacial score (nSPS) is 29.0. The van der Waals surface area contributed by atoms with Gasteiger partial charge in [0, 0.05) is 6.21 Å². The maximum Gasteiger partial charge on any atom is 0.459 e. The molecule has 3 N–H and O–H groups in total. The number of ether oxygens (including phenoxy) is 3. The molecule has 2 aliphatic heterocycles. The third-order valence-electron chi connectivity index (χ3n) is 8.09. The van der Waals surface area contributed by atoms with Gasteiger partial charge in [-0.1, -0.05) is 24.6 Å². The second-order valence-corrected chi connectivity index (χ2v) is 13.4. The van der Waals surface area contributed by atoms with Gasteiger partial charge < -0.3 is 23.8 Å². The Morgan fingerprint density at radius 3 is 2.64 bits per heavy atom. The van der Waals surface area contributed by atoms with Gasteiger partial charge >= 0.3 is 13.7 Å². The molecule has 1 amide bonds. The standard InChI is InChI=1S/C30H38F2N5O9P/c1-4-42-25-23-22(35-28(36-25)34-17-38)21(15-33-23)24-29(3,40)27(31)30(32,45-24)16-43-47(41,46-20-13-9-6-10-14-20)37-18(2)26(39)44-19-11-7-5-8-12-19/h6,9-10,13-15,17-19,21,24,27,40H,4-5,7-8,11-12,16H2,1-3H3,(H,37,41)(H,34,35,36,38)/t18?,21?,24-,27-,29-,30+,47?/m0/s1. The Hall–Kier alpha value is -3.56. The molecule has 3 unspecified atom stereocenters. The summed E-state index contributed by atoms with van der Waals surface area (Å²) in [6.45, 7) is 2.99. The van der Waals surface area contributed by atoms with E-state index >= 15 is 8.78 Å². The van der Waals surface area contributed by atoms with Crippen LogP contribution in [0.4, 0.5) is 20.4 Å². The van der Waals surface area contributed by atoms with Crippen LogP contribution in [-0.2, 0) is 28.2 Å². The molecule has 47 heavy (non-hydrogen) atoms. The third-order valence-corrected chi connectivity index (χ3v) is 9.71. The largest absolute Gasteiger partial charge is 0.476 e. The minimum atomic E-state index is -4.62. The van der Waals surface area contributed by atoms with E-state index in [0.29, 0.717) is 19.3 Å². The minimum absolute atomic E-state index is 0.00564. The number of benzene rings is 1. The van der Waals surface area contributed by atoms with Crippen LogP contribution in [0.2, 0.25) is 0 Å². The highest BCUT2D eigenvalue weighted by molar-refractivity contribution is 7.52. The van der Waals surface area contributed by atoms with Crippen LogP contribution in [0.3, 0.4) is 0 Å². The van der Waals surface area contributed by atoms with Gasteiger partial charge in [0.25, 0.3) is 5.85 Å². The fourth-order valence-electron chi connectivity index (χ4n) is 5.74. The molecular weight excluding hydrogens is 643 g/mol. The summed E-state index contributed by atoms with van der Waals surface area (Å²) >= 11 is 0. The Bertz CT molecular complexity index is 1510. The quantitative estimate of drug-likeness (QED) is 0.145. The lowest BCUT2D eigenvalue weighted by Crippen LogP contribution is -2.48. The second-order valence-electron chi connectivity index (χ2n) is 11.7. The van der Waals surface area contributed by atoms with E-state index in [1.165, 1.54) is 25.3 Å². The number of aliphatic hydroxyl groups is 1. The smallest absolute Gasteiger partial charge is 0.459 e. The van der Waals surface area contributed by atoms with E-state index in [9.17, 15) is 19.3 Å². The summed E-state index contributed by atoms with van der Waals surface area (Å²) < 4.78 is 73.8. The molecule has 256 valence electrons. The maximum atomic E-state index is 16.4. The van der Waals surface area contributed by atoms with E-state index in [-0.39, 0.29) is 41.7 Å². The summed E-state index contributed by atoms with van der Waals surface area (Å²) in [6.07, 6.45) is 1.27. The van der Waals surface area contributed by atoms with Crippen molar-refractivity contribution in [1.82, 2.24) is 15.1 Å².